The van der Waals surface area contributed by atoms with Crippen molar-refractivity contribution < 1.29 is 19.0 Å². The molecule has 2 unspecified atom stereocenters. The van der Waals surface area contributed by atoms with E-state index in [1.54, 1.807) is 36.4 Å². The molecule has 2 N–H and O–H groups in total. The fraction of sp³-hybridized carbons (Fsp3) is 0.296. The number of nitrogens with one attached hydrogen (secondary N) is 1. The largest absolute Gasteiger partial charge is 0.489 e. The van der Waals surface area contributed by atoms with Gasteiger partial charge < -0.3 is 15.2 Å². The molecular formula is C27H29FN2O3. The van der Waals surface area contributed by atoms with Crippen LogP contribution >= 0.6 is 0 Å². The first-order valence-corrected chi connectivity index (χ1v) is 11.3. The molecule has 0 saturated carbocycles. The number of carbonyl (C=O) groups is 1. The standard InChI is InChI=1S/C27H29FN2O3/c28-23-12-8-21(9-13-23)19-33-24-14-10-22(11-15-24)27(32)29-25-18-30(16-4-7-26(25)31)17-20-5-2-1-3-6-20/h1-3,5-6,8-15,25-26,31H,4,7,16-19H2,(H,29,32). The first kappa shape index (κ1) is 23.0. The van der Waals surface area contributed by atoms with E-state index in [1.807, 2.05) is 18.2 Å². The van der Waals surface area contributed by atoms with Crippen LogP contribution in [-0.2, 0) is 13.2 Å². The number of ether oxygens (including phenoxy) is 1. The SMILES string of the molecule is O=C(NC1CN(Cc2ccccc2)CCCC1O)c1ccc(OCc2ccc(F)cc2)cc1. The van der Waals surface area contributed by atoms with Crippen LogP contribution in [-0.4, -0.2) is 41.1 Å². The van der Waals surface area contributed by atoms with Gasteiger partial charge >= 0.3 is 0 Å². The summed E-state index contributed by atoms with van der Waals surface area (Å²) >= 11 is 0. The zero-order chi connectivity index (χ0) is 23.0. The van der Waals surface area contributed by atoms with Crippen LogP contribution in [0, 0.1) is 5.82 Å². The van der Waals surface area contributed by atoms with Crippen LogP contribution in [0.1, 0.15) is 34.3 Å². The van der Waals surface area contributed by atoms with E-state index in [0.29, 0.717) is 30.9 Å². The van der Waals surface area contributed by atoms with Crippen molar-refractivity contribution >= 4 is 5.91 Å². The molecule has 3 aromatic carbocycles. The highest BCUT2D eigenvalue weighted by molar-refractivity contribution is 5.94. The van der Waals surface area contributed by atoms with E-state index >= 15 is 0 Å². The number of benzene rings is 3. The number of nitrogens with zero attached hydrogens (tertiary/aromatic N) is 1. The van der Waals surface area contributed by atoms with Crippen molar-refractivity contribution in [3.8, 4) is 5.75 Å². The van der Waals surface area contributed by atoms with Gasteiger partial charge in [0.2, 0.25) is 0 Å². The molecule has 2 atom stereocenters. The van der Waals surface area contributed by atoms with Gasteiger partial charge in [-0.3, -0.25) is 9.69 Å². The fourth-order valence-corrected chi connectivity index (χ4v) is 4.04. The molecule has 0 radical (unpaired) electrons. The van der Waals surface area contributed by atoms with Gasteiger partial charge in [0.25, 0.3) is 5.91 Å². The summed E-state index contributed by atoms with van der Waals surface area (Å²) in [5, 5.41) is 13.6. The minimum Gasteiger partial charge on any atom is -0.489 e. The summed E-state index contributed by atoms with van der Waals surface area (Å²) in [7, 11) is 0. The number of amides is 1. The van der Waals surface area contributed by atoms with E-state index in [9.17, 15) is 14.3 Å². The van der Waals surface area contributed by atoms with Crippen molar-refractivity contribution in [3.05, 3.63) is 101 Å². The van der Waals surface area contributed by atoms with Crippen LogP contribution in [0.25, 0.3) is 0 Å². The van der Waals surface area contributed by atoms with Gasteiger partial charge in [-0.15, -0.1) is 0 Å². The predicted octanol–water partition coefficient (Wildman–Crippen LogP) is 4.16. The summed E-state index contributed by atoms with van der Waals surface area (Å²) in [6.45, 7) is 2.59. The summed E-state index contributed by atoms with van der Waals surface area (Å²) in [6.07, 6.45) is 0.973. The van der Waals surface area contributed by atoms with Crippen LogP contribution in [0.4, 0.5) is 4.39 Å². The van der Waals surface area contributed by atoms with Gasteiger partial charge in [-0.05, 0) is 66.9 Å². The molecule has 1 saturated heterocycles. The Hall–Kier alpha value is -3.22. The molecular weight excluding hydrogens is 419 g/mol. The number of hydrogen-bond donors (Lipinski definition) is 2. The maximum Gasteiger partial charge on any atom is 0.251 e. The van der Waals surface area contributed by atoms with Crippen molar-refractivity contribution in [2.45, 2.75) is 38.1 Å². The maximum absolute atomic E-state index is 13.0. The minimum atomic E-state index is -0.576. The third-order valence-electron chi connectivity index (χ3n) is 5.89. The van der Waals surface area contributed by atoms with Gasteiger partial charge in [-0.25, -0.2) is 4.39 Å². The number of aliphatic hydroxyl groups is 1. The molecule has 4 rings (SSSR count). The third-order valence-corrected chi connectivity index (χ3v) is 5.89. The van der Waals surface area contributed by atoms with Gasteiger partial charge in [0.15, 0.2) is 0 Å². The Morgan fingerprint density at radius 2 is 1.73 bits per heavy atom. The smallest absolute Gasteiger partial charge is 0.251 e. The highest BCUT2D eigenvalue weighted by atomic mass is 19.1. The monoisotopic (exact) mass is 448 g/mol. The van der Waals surface area contributed by atoms with E-state index in [1.165, 1.54) is 17.7 Å². The van der Waals surface area contributed by atoms with Gasteiger partial charge in [-0.1, -0.05) is 42.5 Å². The number of carbonyl (C=O) groups excluding carboxylic acids is 1. The number of hydrogen-bond acceptors (Lipinski definition) is 4. The molecule has 5 nitrogen and oxygen atoms in total. The summed E-state index contributed by atoms with van der Waals surface area (Å²) in [4.78, 5) is 15.1. The van der Waals surface area contributed by atoms with Crippen LogP contribution in [0.15, 0.2) is 78.9 Å². The van der Waals surface area contributed by atoms with Crippen LogP contribution in [0.5, 0.6) is 5.75 Å². The van der Waals surface area contributed by atoms with Crippen LogP contribution in [0.2, 0.25) is 0 Å². The average Bonchev–Trinajstić information content (AvgIpc) is 3.00. The van der Waals surface area contributed by atoms with Crippen molar-refractivity contribution in [3.63, 3.8) is 0 Å². The number of likely N-dealkylation sites (tertiary alicyclic amines) is 1. The van der Waals surface area contributed by atoms with Gasteiger partial charge in [0, 0.05) is 18.7 Å². The minimum absolute atomic E-state index is 0.217. The second-order valence-electron chi connectivity index (χ2n) is 8.45. The van der Waals surface area contributed by atoms with E-state index in [0.717, 1.165) is 25.1 Å². The molecule has 0 bridgehead atoms. The molecule has 1 fully saturated rings. The Kier molecular flexibility index (Phi) is 7.70. The number of rotatable bonds is 7. The molecule has 1 aliphatic heterocycles. The van der Waals surface area contributed by atoms with Crippen LogP contribution in [0.3, 0.4) is 0 Å². The van der Waals surface area contributed by atoms with Crippen molar-refractivity contribution in [1.29, 1.82) is 0 Å². The Bertz CT molecular complexity index is 1030. The Balaban J connectivity index is 1.33. The van der Waals surface area contributed by atoms with E-state index in [-0.39, 0.29) is 17.8 Å². The molecule has 33 heavy (non-hydrogen) atoms. The van der Waals surface area contributed by atoms with Gasteiger partial charge in [0.05, 0.1) is 12.1 Å². The first-order chi connectivity index (χ1) is 16.1. The second-order valence-corrected chi connectivity index (χ2v) is 8.45. The molecule has 0 aromatic heterocycles. The van der Waals surface area contributed by atoms with Crippen molar-refractivity contribution in [2.75, 3.05) is 13.1 Å². The summed E-state index contributed by atoms with van der Waals surface area (Å²) in [5.74, 6) is 0.126. The van der Waals surface area contributed by atoms with Crippen molar-refractivity contribution in [1.82, 2.24) is 10.2 Å². The van der Waals surface area contributed by atoms with Gasteiger partial charge in [-0.2, -0.15) is 0 Å². The molecule has 0 aliphatic carbocycles. The topological polar surface area (TPSA) is 61.8 Å². The lowest BCUT2D eigenvalue weighted by Crippen LogP contribution is -2.48. The fourth-order valence-electron chi connectivity index (χ4n) is 4.04. The van der Waals surface area contributed by atoms with Crippen LogP contribution < -0.4 is 10.1 Å². The molecule has 172 valence electrons. The molecule has 6 heteroatoms. The molecule has 1 amide bonds. The number of aliphatic hydroxyl groups excluding tert-OH is 1. The average molecular weight is 449 g/mol. The maximum atomic E-state index is 13.0. The predicted molar refractivity (Wildman–Crippen MR) is 125 cm³/mol. The van der Waals surface area contributed by atoms with Crippen molar-refractivity contribution in [2.24, 2.45) is 0 Å². The summed E-state index contributed by atoms with van der Waals surface area (Å²) in [5.41, 5.74) is 2.59. The highest BCUT2D eigenvalue weighted by Gasteiger charge is 2.27. The summed E-state index contributed by atoms with van der Waals surface area (Å²) < 4.78 is 18.7. The zero-order valence-corrected chi connectivity index (χ0v) is 18.5. The lowest BCUT2D eigenvalue weighted by Gasteiger charge is -2.27. The molecule has 1 heterocycles. The highest BCUT2D eigenvalue weighted by Crippen LogP contribution is 2.17. The Morgan fingerprint density at radius 3 is 2.45 bits per heavy atom. The Morgan fingerprint density at radius 1 is 1.00 bits per heavy atom. The Labute approximate surface area is 193 Å². The van der Waals surface area contributed by atoms with E-state index < -0.39 is 6.10 Å². The normalized spacial score (nSPS) is 19.0. The molecule has 0 spiro atoms. The zero-order valence-electron chi connectivity index (χ0n) is 18.5. The van der Waals surface area contributed by atoms with E-state index in [4.69, 9.17) is 4.74 Å². The number of halogens is 1. The van der Waals surface area contributed by atoms with Gasteiger partial charge in [0.1, 0.15) is 18.2 Å². The first-order valence-electron chi connectivity index (χ1n) is 11.3. The summed E-state index contributed by atoms with van der Waals surface area (Å²) in [6, 6.07) is 22.9. The molecule has 3 aromatic rings. The lowest BCUT2D eigenvalue weighted by atomic mass is 10.1. The third kappa shape index (κ3) is 6.63. The lowest BCUT2D eigenvalue weighted by molar-refractivity contribution is 0.0798. The second kappa shape index (κ2) is 11.1. The van der Waals surface area contributed by atoms with E-state index in [2.05, 4.69) is 22.3 Å². The quantitative estimate of drug-likeness (QED) is 0.570. The molecule has 1 aliphatic rings.